The molecule has 0 bridgehead atoms. The number of aliphatic hydroxyl groups excluding tert-OH is 1. The van der Waals surface area contributed by atoms with Crippen molar-refractivity contribution < 1.29 is 5.11 Å². The second-order valence-electron chi connectivity index (χ2n) is 5.25. The fourth-order valence-electron chi connectivity index (χ4n) is 2.44. The molecule has 110 valence electrons. The Kier molecular flexibility index (Phi) is 4.24. The van der Waals surface area contributed by atoms with Crippen molar-refractivity contribution in [3.05, 3.63) is 17.3 Å². The maximum Gasteiger partial charge on any atom is 0.195 e. The first kappa shape index (κ1) is 13.9. The number of nitrogens with one attached hydrogen (secondary N) is 1. The second kappa shape index (κ2) is 6.11. The monoisotopic (exact) mass is 294 g/mol. The Bertz CT molecular complexity index is 561. The Morgan fingerprint density at radius 2 is 2.40 bits per heavy atom. The van der Waals surface area contributed by atoms with E-state index >= 15 is 0 Å². The van der Waals surface area contributed by atoms with Gasteiger partial charge in [0.1, 0.15) is 0 Å². The molecule has 2 N–H and O–H groups in total. The molecule has 0 amide bonds. The van der Waals surface area contributed by atoms with Gasteiger partial charge in [-0.25, -0.2) is 4.98 Å². The van der Waals surface area contributed by atoms with E-state index in [0.29, 0.717) is 6.04 Å². The average Bonchev–Trinajstić information content (AvgIpc) is 3.06. The van der Waals surface area contributed by atoms with Crippen LogP contribution in [0.15, 0.2) is 11.6 Å². The molecule has 0 spiro atoms. The zero-order valence-electron chi connectivity index (χ0n) is 11.9. The third kappa shape index (κ3) is 2.82. The standard InChI is InChI=1S/C14H22N4OS/c1-2-17(6-3-8-19)13-12(10-15-11-4-5-11)18-7-9-20-14(18)16-13/h7,9,11,15,19H,2-6,8,10H2,1H3. The quantitative estimate of drug-likeness (QED) is 0.780. The summed E-state index contributed by atoms with van der Waals surface area (Å²) in [5, 5.41) is 14.7. The second-order valence-corrected chi connectivity index (χ2v) is 6.12. The molecule has 5 nitrogen and oxygen atoms in total. The summed E-state index contributed by atoms with van der Waals surface area (Å²) < 4.78 is 2.19. The lowest BCUT2D eigenvalue weighted by Crippen LogP contribution is -2.27. The van der Waals surface area contributed by atoms with Crippen LogP contribution in [0, 0.1) is 0 Å². The van der Waals surface area contributed by atoms with E-state index in [0.717, 1.165) is 36.8 Å². The molecule has 2 aromatic heterocycles. The smallest absolute Gasteiger partial charge is 0.195 e. The van der Waals surface area contributed by atoms with Crippen molar-refractivity contribution >= 4 is 22.1 Å². The molecule has 6 heteroatoms. The molecular formula is C14H22N4OS. The molecule has 1 aliphatic carbocycles. The van der Waals surface area contributed by atoms with Crippen molar-refractivity contribution in [1.29, 1.82) is 0 Å². The number of hydrogen-bond acceptors (Lipinski definition) is 5. The maximum absolute atomic E-state index is 9.05. The molecule has 2 aromatic rings. The van der Waals surface area contributed by atoms with Crippen LogP contribution < -0.4 is 10.2 Å². The normalized spacial score (nSPS) is 15.1. The van der Waals surface area contributed by atoms with Gasteiger partial charge in [0.2, 0.25) is 0 Å². The summed E-state index contributed by atoms with van der Waals surface area (Å²) in [6.07, 6.45) is 5.47. The summed E-state index contributed by atoms with van der Waals surface area (Å²) in [5.41, 5.74) is 1.24. The van der Waals surface area contributed by atoms with Gasteiger partial charge in [0.25, 0.3) is 0 Å². The minimum atomic E-state index is 0.231. The van der Waals surface area contributed by atoms with Crippen LogP contribution >= 0.6 is 11.3 Å². The predicted molar refractivity (Wildman–Crippen MR) is 82.5 cm³/mol. The fourth-order valence-corrected chi connectivity index (χ4v) is 3.17. The molecule has 0 aromatic carbocycles. The lowest BCUT2D eigenvalue weighted by atomic mass is 10.3. The van der Waals surface area contributed by atoms with Crippen molar-refractivity contribution in [3.8, 4) is 0 Å². The van der Waals surface area contributed by atoms with Crippen molar-refractivity contribution in [3.63, 3.8) is 0 Å². The Balaban J connectivity index is 1.85. The zero-order chi connectivity index (χ0) is 13.9. The highest BCUT2D eigenvalue weighted by Gasteiger charge is 2.23. The summed E-state index contributed by atoms with van der Waals surface area (Å²) in [4.78, 5) is 8.10. The van der Waals surface area contributed by atoms with Crippen LogP contribution in [0.2, 0.25) is 0 Å². The van der Waals surface area contributed by atoms with Crippen molar-refractivity contribution in [2.45, 2.75) is 38.8 Å². The van der Waals surface area contributed by atoms with E-state index in [2.05, 4.69) is 33.1 Å². The van der Waals surface area contributed by atoms with Gasteiger partial charge in [0.15, 0.2) is 10.8 Å². The minimum absolute atomic E-state index is 0.231. The number of nitrogens with zero attached hydrogens (tertiary/aromatic N) is 3. The summed E-state index contributed by atoms with van der Waals surface area (Å²) in [7, 11) is 0. The van der Waals surface area contributed by atoms with Crippen LogP contribution in [0.4, 0.5) is 5.82 Å². The number of aromatic nitrogens is 2. The molecule has 0 atom stereocenters. The molecule has 1 fully saturated rings. The van der Waals surface area contributed by atoms with Crippen LogP contribution in [0.5, 0.6) is 0 Å². The molecular weight excluding hydrogens is 272 g/mol. The van der Waals surface area contributed by atoms with Crippen molar-refractivity contribution in [2.24, 2.45) is 0 Å². The summed E-state index contributed by atoms with van der Waals surface area (Å²) in [5.74, 6) is 1.07. The van der Waals surface area contributed by atoms with Gasteiger partial charge in [-0.1, -0.05) is 0 Å². The van der Waals surface area contributed by atoms with Crippen LogP contribution in [0.3, 0.4) is 0 Å². The fraction of sp³-hybridized carbons (Fsp3) is 0.643. The first-order valence-corrected chi connectivity index (χ1v) is 8.25. The highest BCUT2D eigenvalue weighted by molar-refractivity contribution is 7.15. The maximum atomic E-state index is 9.05. The number of rotatable bonds is 8. The van der Waals surface area contributed by atoms with E-state index in [1.807, 2.05) is 0 Å². The van der Waals surface area contributed by atoms with E-state index in [1.54, 1.807) is 11.3 Å². The van der Waals surface area contributed by atoms with Gasteiger partial charge >= 0.3 is 0 Å². The number of thiazole rings is 1. The zero-order valence-corrected chi connectivity index (χ0v) is 12.7. The van der Waals surface area contributed by atoms with Gasteiger partial charge in [-0.3, -0.25) is 4.40 Å². The number of hydrogen-bond donors (Lipinski definition) is 2. The number of imidazole rings is 1. The molecule has 0 aliphatic heterocycles. The molecule has 0 unspecified atom stereocenters. The topological polar surface area (TPSA) is 52.8 Å². The van der Waals surface area contributed by atoms with E-state index in [1.165, 1.54) is 18.5 Å². The van der Waals surface area contributed by atoms with E-state index in [9.17, 15) is 0 Å². The Hall–Kier alpha value is -1.11. The molecule has 20 heavy (non-hydrogen) atoms. The number of fused-ring (bicyclic) bond motifs is 1. The Morgan fingerprint density at radius 3 is 3.10 bits per heavy atom. The van der Waals surface area contributed by atoms with Crippen LogP contribution in [0.1, 0.15) is 31.9 Å². The summed E-state index contributed by atoms with van der Waals surface area (Å²) in [6, 6.07) is 0.694. The number of aliphatic hydroxyl groups is 1. The van der Waals surface area contributed by atoms with E-state index < -0.39 is 0 Å². The average molecular weight is 294 g/mol. The summed E-state index contributed by atoms with van der Waals surface area (Å²) in [6.45, 7) is 5.01. The van der Waals surface area contributed by atoms with Crippen molar-refractivity contribution in [2.75, 3.05) is 24.6 Å². The highest BCUT2D eigenvalue weighted by Crippen LogP contribution is 2.26. The predicted octanol–water partition coefficient (Wildman–Crippen LogP) is 1.86. The van der Waals surface area contributed by atoms with Gasteiger partial charge in [0.05, 0.1) is 5.69 Å². The van der Waals surface area contributed by atoms with E-state index in [4.69, 9.17) is 10.1 Å². The Labute approximate surface area is 123 Å². The lowest BCUT2D eigenvalue weighted by molar-refractivity contribution is 0.289. The molecule has 1 saturated carbocycles. The minimum Gasteiger partial charge on any atom is -0.396 e. The van der Waals surface area contributed by atoms with Gasteiger partial charge < -0.3 is 15.3 Å². The van der Waals surface area contributed by atoms with Gasteiger partial charge in [-0.15, -0.1) is 11.3 Å². The molecule has 0 saturated heterocycles. The highest BCUT2D eigenvalue weighted by atomic mass is 32.1. The van der Waals surface area contributed by atoms with Crippen LogP contribution in [-0.4, -0.2) is 40.2 Å². The van der Waals surface area contributed by atoms with Gasteiger partial charge in [-0.05, 0) is 26.2 Å². The Morgan fingerprint density at radius 1 is 1.55 bits per heavy atom. The lowest BCUT2D eigenvalue weighted by Gasteiger charge is -2.21. The molecule has 0 radical (unpaired) electrons. The SMILES string of the molecule is CCN(CCCO)c1nc2sccn2c1CNC1CC1. The first-order valence-electron chi connectivity index (χ1n) is 7.37. The molecule has 1 aliphatic rings. The first-order chi connectivity index (χ1) is 9.83. The third-order valence-corrected chi connectivity index (χ3v) is 4.50. The van der Waals surface area contributed by atoms with Gasteiger partial charge in [0, 0.05) is 43.9 Å². The van der Waals surface area contributed by atoms with Crippen molar-refractivity contribution in [1.82, 2.24) is 14.7 Å². The third-order valence-electron chi connectivity index (χ3n) is 3.74. The van der Waals surface area contributed by atoms with Crippen LogP contribution in [-0.2, 0) is 6.54 Å². The van der Waals surface area contributed by atoms with Crippen LogP contribution in [0.25, 0.3) is 4.96 Å². The number of anilines is 1. The summed E-state index contributed by atoms with van der Waals surface area (Å²) >= 11 is 1.67. The van der Waals surface area contributed by atoms with Gasteiger partial charge in [-0.2, -0.15) is 0 Å². The molecule has 3 rings (SSSR count). The largest absolute Gasteiger partial charge is 0.396 e. The van der Waals surface area contributed by atoms with E-state index in [-0.39, 0.29) is 6.61 Å². The molecule has 2 heterocycles.